The van der Waals surface area contributed by atoms with Crippen LogP contribution in [0.15, 0.2) is 419 Å². The zero-order valence-electron chi connectivity index (χ0n) is 69.1. The van der Waals surface area contributed by atoms with Gasteiger partial charge in [-0.05, 0) is 170 Å². The minimum absolute atomic E-state index is 1.18. The predicted molar refractivity (Wildman–Crippen MR) is 569 cm³/mol. The maximum absolute atomic E-state index is 2.50. The molecule has 0 amide bonds. The monoisotopic (exact) mass is 1740 g/mol. The summed E-state index contributed by atoms with van der Waals surface area (Å²) in [5.41, 5.74) is 18.7. The average Bonchev–Trinajstić information content (AvgIpc) is 1.54. The molecule has 0 spiro atoms. The highest BCUT2D eigenvalue weighted by molar-refractivity contribution is 7.28. The molecule has 600 valence electrons. The van der Waals surface area contributed by atoms with Gasteiger partial charge < -0.3 is 13.7 Å². The lowest BCUT2D eigenvalue weighted by molar-refractivity contribution is 1.19. The Morgan fingerprint density at radius 1 is 0.147 bits per heavy atom. The summed E-state index contributed by atoms with van der Waals surface area (Å²) in [6.45, 7) is 0. The Morgan fingerprint density at radius 2 is 0.519 bits per heavy atom. The van der Waals surface area contributed by atoms with Gasteiger partial charge in [0.15, 0.2) is 0 Å². The maximum Gasteiger partial charge on any atom is 0.0726 e. The fourth-order valence-electron chi connectivity index (χ4n) is 21.3. The summed E-state index contributed by atoms with van der Waals surface area (Å²) in [5, 5.41) is 31.9. The highest BCUT2D eigenvalue weighted by Crippen LogP contribution is 2.53. The molecule has 30 rings (SSSR count). The standard InChI is InChI=1S/3C40H23NS2/c1-2-12-29-28(11-1)36-31-13-3-6-17-33(31)41(38(36)40-37(29)32-14-5-8-19-35(32)43-40)25-22-20-24(21-23-25)26-15-9-16-30-27-10-4-7-18-34(27)42-39(26)30;1-2-11-30-29(10-1)37-32-13-5-8-16-35(32)43-40(37)38-31-12-3-6-14-33(31)41(39(30)38)26-20-17-24(18-21-26)25-19-22-28-27-9-4-7-15-34(27)42-36(28)23-25;1-2-8-28-25(7-1)15-21-34-38(28)32-20-19-31-29-9-3-6-12-36(29)43-40(31)39(32)41(34)27-17-13-24(14-18-27)26-16-22-37-33(23-26)30-10-4-5-11-35(30)42-37/h3*1-23H. The molecule has 9 heteroatoms. The molecule has 9 aromatic heterocycles. The minimum atomic E-state index is 1.18. The molecule has 21 aromatic carbocycles. The van der Waals surface area contributed by atoms with Crippen molar-refractivity contribution < 1.29 is 0 Å². The van der Waals surface area contributed by atoms with Crippen LogP contribution in [0.4, 0.5) is 0 Å². The molecule has 0 aliphatic heterocycles. The van der Waals surface area contributed by atoms with E-state index in [1.807, 2.05) is 68.0 Å². The molecule has 0 radical (unpaired) electrons. The third kappa shape index (κ3) is 11.1. The normalized spacial score (nSPS) is 12.2. The fraction of sp³-hybridized carbons (Fsp3) is 0. The van der Waals surface area contributed by atoms with Crippen LogP contribution in [0.3, 0.4) is 0 Å². The topological polar surface area (TPSA) is 14.8 Å². The molecular weight excluding hydrogens is 1680 g/mol. The summed E-state index contributed by atoms with van der Waals surface area (Å²) in [5.74, 6) is 0. The van der Waals surface area contributed by atoms with Crippen LogP contribution in [-0.4, -0.2) is 13.7 Å². The van der Waals surface area contributed by atoms with Gasteiger partial charge in [-0.15, -0.1) is 68.0 Å². The third-order valence-corrected chi connectivity index (χ3v) is 34.0. The first kappa shape index (κ1) is 73.3. The second kappa shape index (κ2) is 28.8. The summed E-state index contributed by atoms with van der Waals surface area (Å²) in [7, 11) is 0. The summed E-state index contributed by atoms with van der Waals surface area (Å²) >= 11 is 11.4. The largest absolute Gasteiger partial charge is 0.309 e. The first-order valence-electron chi connectivity index (χ1n) is 43.8. The zero-order chi connectivity index (χ0) is 84.2. The smallest absolute Gasteiger partial charge is 0.0726 e. The predicted octanol–water partition coefficient (Wildman–Crippen LogP) is 37.0. The number of nitrogens with zero attached hydrogens (tertiary/aromatic N) is 3. The van der Waals surface area contributed by atoms with E-state index in [0.29, 0.717) is 0 Å². The van der Waals surface area contributed by atoms with Gasteiger partial charge in [0, 0.05) is 166 Å². The van der Waals surface area contributed by atoms with Crippen LogP contribution in [0.2, 0.25) is 0 Å². The first-order valence-corrected chi connectivity index (χ1v) is 48.7. The third-order valence-electron chi connectivity index (χ3n) is 27.0. The van der Waals surface area contributed by atoms with Gasteiger partial charge in [0.05, 0.1) is 42.5 Å². The van der Waals surface area contributed by atoms with Crippen molar-refractivity contribution in [3.05, 3.63) is 419 Å². The summed E-state index contributed by atoms with van der Waals surface area (Å²) < 4.78 is 23.6. The summed E-state index contributed by atoms with van der Waals surface area (Å²) in [4.78, 5) is 0. The van der Waals surface area contributed by atoms with Crippen molar-refractivity contribution in [1.82, 2.24) is 13.7 Å². The van der Waals surface area contributed by atoms with Crippen molar-refractivity contribution in [2.24, 2.45) is 0 Å². The number of benzene rings is 21. The Morgan fingerprint density at radius 3 is 1.14 bits per heavy atom. The Labute approximate surface area is 762 Å². The molecule has 0 saturated heterocycles. The molecule has 0 aliphatic rings. The number of hydrogen-bond acceptors (Lipinski definition) is 6. The van der Waals surface area contributed by atoms with Crippen molar-refractivity contribution in [2.45, 2.75) is 0 Å². The van der Waals surface area contributed by atoms with Crippen LogP contribution in [0, 0.1) is 0 Å². The van der Waals surface area contributed by atoms with E-state index in [1.54, 1.807) is 0 Å². The highest BCUT2D eigenvalue weighted by atomic mass is 32.1. The van der Waals surface area contributed by atoms with Crippen LogP contribution in [0.1, 0.15) is 0 Å². The molecule has 30 aromatic rings. The molecule has 3 nitrogen and oxygen atoms in total. The van der Waals surface area contributed by atoms with E-state index in [-0.39, 0.29) is 0 Å². The number of hydrogen-bond donors (Lipinski definition) is 0. The molecule has 9 heterocycles. The van der Waals surface area contributed by atoms with E-state index in [1.165, 1.54) is 269 Å². The molecule has 0 atom stereocenters. The maximum atomic E-state index is 2.50. The average molecular weight is 1750 g/mol. The molecule has 0 fully saturated rings. The number of para-hydroxylation sites is 2. The van der Waals surface area contributed by atoms with E-state index in [4.69, 9.17) is 0 Å². The molecule has 0 aliphatic carbocycles. The fourth-order valence-corrected chi connectivity index (χ4v) is 28.5. The molecule has 0 N–H and O–H groups in total. The van der Waals surface area contributed by atoms with Gasteiger partial charge in [0.25, 0.3) is 0 Å². The van der Waals surface area contributed by atoms with Crippen LogP contribution in [0.5, 0.6) is 0 Å². The van der Waals surface area contributed by atoms with E-state index in [9.17, 15) is 0 Å². The van der Waals surface area contributed by atoms with E-state index in [0.717, 1.165) is 0 Å². The molecule has 0 bridgehead atoms. The summed E-state index contributed by atoms with van der Waals surface area (Å²) in [6.07, 6.45) is 0. The van der Waals surface area contributed by atoms with Crippen molar-refractivity contribution in [3.8, 4) is 50.4 Å². The van der Waals surface area contributed by atoms with Gasteiger partial charge >= 0.3 is 0 Å². The first-order chi connectivity index (χ1) is 64.0. The van der Waals surface area contributed by atoms with Gasteiger partial charge in [-0.2, -0.15) is 0 Å². The number of thiophene rings is 6. The van der Waals surface area contributed by atoms with E-state index >= 15 is 0 Å². The van der Waals surface area contributed by atoms with Crippen LogP contribution in [0.25, 0.3) is 269 Å². The Hall–Kier alpha value is -14.9. The number of fused-ring (bicyclic) bond motifs is 38. The number of rotatable bonds is 6. The van der Waals surface area contributed by atoms with Crippen LogP contribution < -0.4 is 0 Å². The van der Waals surface area contributed by atoms with Crippen molar-refractivity contribution in [2.75, 3.05) is 0 Å². The minimum Gasteiger partial charge on any atom is -0.309 e. The van der Waals surface area contributed by atoms with Gasteiger partial charge in [-0.1, -0.05) is 309 Å². The van der Waals surface area contributed by atoms with Gasteiger partial charge in [0.1, 0.15) is 0 Å². The second-order valence-corrected chi connectivity index (χ2v) is 40.2. The van der Waals surface area contributed by atoms with Gasteiger partial charge in [-0.25, -0.2) is 0 Å². The van der Waals surface area contributed by atoms with Crippen molar-refractivity contribution in [1.29, 1.82) is 0 Å². The highest BCUT2D eigenvalue weighted by Gasteiger charge is 2.27. The molecule has 0 unspecified atom stereocenters. The second-order valence-electron chi connectivity index (χ2n) is 33.8. The lowest BCUT2D eigenvalue weighted by Crippen LogP contribution is -1.94. The Bertz CT molecular complexity index is 9960. The molecule has 129 heavy (non-hydrogen) atoms. The SMILES string of the molecule is c1ccc2c(c1)ccc1c2c2ccc3c4ccccc4sc3c2n1-c1ccc(-c2ccc3sc4ccccc4c3c2)cc1.c1ccc2c(c1)sc1c(-c3ccc(-n4c5ccccc5c5c6ccccc6c6c7ccccc7sc6c54)cc3)cccc12.c1ccc2c(c1)sc1cc(-c3ccc(-n4c5ccccc5c5c6sc7ccccc7c6c6ccccc6c54)cc3)ccc12. The van der Waals surface area contributed by atoms with E-state index in [2.05, 4.69) is 432 Å². The zero-order valence-corrected chi connectivity index (χ0v) is 74.0. The lowest BCUT2D eigenvalue weighted by Gasteiger charge is -2.12. The van der Waals surface area contributed by atoms with Crippen molar-refractivity contribution in [3.63, 3.8) is 0 Å². The lowest BCUT2D eigenvalue weighted by atomic mass is 9.99. The Balaban J connectivity index is 0.0000000976. The van der Waals surface area contributed by atoms with Gasteiger partial charge in [0.2, 0.25) is 0 Å². The van der Waals surface area contributed by atoms with Crippen LogP contribution in [-0.2, 0) is 0 Å². The quantitative estimate of drug-likeness (QED) is 0.158. The Kier molecular flexibility index (Phi) is 16.4. The van der Waals surface area contributed by atoms with Gasteiger partial charge in [-0.3, -0.25) is 0 Å². The molecule has 0 saturated carbocycles. The number of aromatic nitrogens is 3. The van der Waals surface area contributed by atoms with E-state index < -0.39 is 0 Å². The molecular formula is C120H69N3S6. The summed E-state index contributed by atoms with van der Waals surface area (Å²) in [6, 6.07) is 154. The van der Waals surface area contributed by atoms with Crippen LogP contribution >= 0.6 is 68.0 Å². The van der Waals surface area contributed by atoms with Crippen molar-refractivity contribution >= 4 is 287 Å².